The van der Waals surface area contributed by atoms with Crippen LogP contribution in [0.5, 0.6) is 0 Å². The van der Waals surface area contributed by atoms with Crippen molar-refractivity contribution in [2.75, 3.05) is 19.0 Å². The zero-order valence-electron chi connectivity index (χ0n) is 16.4. The van der Waals surface area contributed by atoms with Gasteiger partial charge in [-0.1, -0.05) is 32.9 Å². The van der Waals surface area contributed by atoms with E-state index in [-0.39, 0.29) is 30.0 Å². The van der Waals surface area contributed by atoms with Crippen molar-refractivity contribution in [3.05, 3.63) is 58.3 Å². The molecule has 1 heterocycles. The summed E-state index contributed by atoms with van der Waals surface area (Å²) in [5.74, 6) is -0.774. The van der Waals surface area contributed by atoms with Crippen LogP contribution in [0, 0.1) is 5.41 Å². The lowest BCUT2D eigenvalue weighted by Gasteiger charge is -2.19. The summed E-state index contributed by atoms with van der Waals surface area (Å²) in [4.78, 5) is 42.3. The van der Waals surface area contributed by atoms with Gasteiger partial charge in [0.05, 0.1) is 0 Å². The largest absolute Gasteiger partial charge is 0.378 e. The number of hydrogen-bond acceptors (Lipinski definition) is 5. The molecule has 0 aliphatic carbocycles. The molecule has 0 bridgehead atoms. The van der Waals surface area contributed by atoms with Gasteiger partial charge < -0.3 is 10.2 Å². The number of aromatic nitrogens is 2. The second-order valence-electron chi connectivity index (χ2n) is 7.86. The van der Waals surface area contributed by atoms with Gasteiger partial charge in [0.15, 0.2) is 0 Å². The van der Waals surface area contributed by atoms with Crippen molar-refractivity contribution in [3.63, 3.8) is 0 Å². The van der Waals surface area contributed by atoms with Gasteiger partial charge in [-0.3, -0.25) is 19.0 Å². The van der Waals surface area contributed by atoms with Crippen molar-refractivity contribution in [1.29, 1.82) is 0 Å². The highest BCUT2D eigenvalue weighted by Gasteiger charge is 2.21. The van der Waals surface area contributed by atoms with Crippen LogP contribution in [0.15, 0.2) is 41.5 Å². The van der Waals surface area contributed by atoms with E-state index in [2.05, 4.69) is 10.3 Å². The Bertz CT molecular complexity index is 877. The summed E-state index contributed by atoms with van der Waals surface area (Å²) in [6.45, 7) is 6.07. The molecule has 0 aliphatic rings. The Labute approximate surface area is 159 Å². The number of amides is 1. The fourth-order valence-electron chi connectivity index (χ4n) is 2.50. The third-order valence-corrected chi connectivity index (χ3v) is 3.91. The average Bonchev–Trinajstić information content (AvgIpc) is 2.58. The molecule has 0 fully saturated rings. The zero-order chi connectivity index (χ0) is 20.2. The number of carbonyl (C=O) groups is 2. The Balaban J connectivity index is 2.16. The second kappa shape index (κ2) is 8.16. The van der Waals surface area contributed by atoms with Gasteiger partial charge in [0, 0.05) is 38.8 Å². The summed E-state index contributed by atoms with van der Waals surface area (Å²) in [6.07, 6.45) is 1.35. The minimum Gasteiger partial charge on any atom is -0.378 e. The standard InChI is InChI=1S/C20H26N4O3/c1-20(2,3)11-18(26)24-13-22-17(25)10-16(24)19(27)21-12-14-6-8-15(9-7-14)23(4)5/h6-10,13H,11-12H2,1-5H3,(H,21,27). The van der Waals surface area contributed by atoms with Crippen LogP contribution in [0.25, 0.3) is 0 Å². The van der Waals surface area contributed by atoms with E-state index < -0.39 is 11.5 Å². The fourth-order valence-corrected chi connectivity index (χ4v) is 2.50. The molecule has 1 N–H and O–H groups in total. The van der Waals surface area contributed by atoms with E-state index in [9.17, 15) is 14.4 Å². The first kappa shape index (κ1) is 20.4. The lowest BCUT2D eigenvalue weighted by Crippen LogP contribution is -2.32. The monoisotopic (exact) mass is 370 g/mol. The molecule has 0 saturated carbocycles. The first-order valence-electron chi connectivity index (χ1n) is 8.73. The van der Waals surface area contributed by atoms with Crippen molar-refractivity contribution in [2.45, 2.75) is 33.7 Å². The lowest BCUT2D eigenvalue weighted by atomic mass is 9.92. The summed E-state index contributed by atoms with van der Waals surface area (Å²) in [6, 6.07) is 8.83. The number of nitrogens with zero attached hydrogens (tertiary/aromatic N) is 3. The van der Waals surface area contributed by atoms with Gasteiger partial charge >= 0.3 is 0 Å². The Hall–Kier alpha value is -2.96. The highest BCUT2D eigenvalue weighted by atomic mass is 16.2. The molecule has 144 valence electrons. The van der Waals surface area contributed by atoms with Crippen LogP contribution in [-0.2, 0) is 6.54 Å². The summed E-state index contributed by atoms with van der Waals surface area (Å²) >= 11 is 0. The van der Waals surface area contributed by atoms with Gasteiger partial charge in [-0.25, -0.2) is 0 Å². The molecule has 7 heteroatoms. The van der Waals surface area contributed by atoms with Gasteiger partial charge in [0.1, 0.15) is 12.0 Å². The van der Waals surface area contributed by atoms with Gasteiger partial charge in [0.25, 0.3) is 11.5 Å². The molecule has 0 atom stereocenters. The highest BCUT2D eigenvalue weighted by Crippen LogP contribution is 2.19. The number of rotatable bonds is 5. The second-order valence-corrected chi connectivity index (χ2v) is 7.86. The predicted molar refractivity (Wildman–Crippen MR) is 105 cm³/mol. The van der Waals surface area contributed by atoms with Crippen LogP contribution >= 0.6 is 0 Å². The third-order valence-electron chi connectivity index (χ3n) is 3.91. The molecule has 1 amide bonds. The minimum absolute atomic E-state index is 0.00541. The van der Waals surface area contributed by atoms with Crippen LogP contribution in [0.4, 0.5) is 5.69 Å². The van der Waals surface area contributed by atoms with Crippen LogP contribution in [-0.4, -0.2) is 35.5 Å². The maximum absolute atomic E-state index is 12.6. The molecule has 0 unspecified atom stereocenters. The van der Waals surface area contributed by atoms with Gasteiger partial charge in [-0.05, 0) is 23.1 Å². The lowest BCUT2D eigenvalue weighted by molar-refractivity contribution is 0.0825. The molecule has 27 heavy (non-hydrogen) atoms. The van der Waals surface area contributed by atoms with Gasteiger partial charge in [0.2, 0.25) is 5.91 Å². The summed E-state index contributed by atoms with van der Waals surface area (Å²) < 4.78 is 1.15. The van der Waals surface area contributed by atoms with E-state index in [0.717, 1.165) is 28.2 Å². The SMILES string of the molecule is CN(C)c1ccc(CNC(=O)c2cc(=O)ncn2C(=O)CC(C)(C)C)cc1. The number of carbonyl (C=O) groups excluding carboxylic acids is 2. The Morgan fingerprint density at radius 1 is 1.15 bits per heavy atom. The summed E-state index contributed by atoms with van der Waals surface area (Å²) in [5, 5.41) is 2.76. The maximum Gasteiger partial charge on any atom is 0.273 e. The fraction of sp³-hybridized carbons (Fsp3) is 0.400. The first-order chi connectivity index (χ1) is 12.6. The molecule has 0 aliphatic heterocycles. The average molecular weight is 370 g/mol. The van der Waals surface area contributed by atoms with E-state index >= 15 is 0 Å². The van der Waals surface area contributed by atoms with Crippen molar-refractivity contribution >= 4 is 17.5 Å². The van der Waals surface area contributed by atoms with E-state index in [4.69, 9.17) is 0 Å². The quantitative estimate of drug-likeness (QED) is 0.873. The highest BCUT2D eigenvalue weighted by molar-refractivity contribution is 5.96. The van der Waals surface area contributed by atoms with Crippen molar-refractivity contribution in [3.8, 4) is 0 Å². The molecule has 0 radical (unpaired) electrons. The van der Waals surface area contributed by atoms with Gasteiger partial charge in [-0.15, -0.1) is 0 Å². The van der Waals surface area contributed by atoms with Gasteiger partial charge in [-0.2, -0.15) is 4.98 Å². The number of anilines is 1. The maximum atomic E-state index is 12.6. The minimum atomic E-state index is -0.560. The zero-order valence-corrected chi connectivity index (χ0v) is 16.4. The number of hydrogen-bond donors (Lipinski definition) is 1. The van der Waals surface area contributed by atoms with E-state index in [1.165, 1.54) is 0 Å². The number of nitrogens with one attached hydrogen (secondary N) is 1. The molecular formula is C20H26N4O3. The Morgan fingerprint density at radius 3 is 2.33 bits per heavy atom. The summed E-state index contributed by atoms with van der Waals surface area (Å²) in [5.41, 5.74) is 1.16. The summed E-state index contributed by atoms with van der Waals surface area (Å²) in [7, 11) is 3.90. The molecular weight excluding hydrogens is 344 g/mol. The molecule has 0 spiro atoms. The van der Waals surface area contributed by atoms with E-state index in [1.807, 2.05) is 64.0 Å². The normalized spacial score (nSPS) is 11.1. The Kier molecular flexibility index (Phi) is 6.15. The van der Waals surface area contributed by atoms with Crippen LogP contribution in [0.1, 0.15) is 48.0 Å². The molecule has 7 nitrogen and oxygen atoms in total. The van der Waals surface area contributed by atoms with E-state index in [0.29, 0.717) is 0 Å². The first-order valence-corrected chi connectivity index (χ1v) is 8.73. The smallest absolute Gasteiger partial charge is 0.273 e. The molecule has 1 aromatic carbocycles. The molecule has 2 rings (SSSR count). The third kappa shape index (κ3) is 5.77. The van der Waals surface area contributed by atoms with Crippen LogP contribution < -0.4 is 15.8 Å². The van der Waals surface area contributed by atoms with Crippen LogP contribution in [0.2, 0.25) is 0 Å². The van der Waals surface area contributed by atoms with Crippen molar-refractivity contribution in [2.24, 2.45) is 5.41 Å². The van der Waals surface area contributed by atoms with E-state index in [1.54, 1.807) is 0 Å². The Morgan fingerprint density at radius 2 is 1.78 bits per heavy atom. The molecule has 1 aromatic heterocycles. The topological polar surface area (TPSA) is 84.3 Å². The van der Waals surface area contributed by atoms with Crippen molar-refractivity contribution in [1.82, 2.24) is 14.9 Å². The van der Waals surface area contributed by atoms with Crippen LogP contribution in [0.3, 0.4) is 0 Å². The predicted octanol–water partition coefficient (Wildman–Crippen LogP) is 2.32. The molecule has 2 aromatic rings. The van der Waals surface area contributed by atoms with Crippen molar-refractivity contribution < 1.29 is 9.59 Å². The number of benzene rings is 1. The molecule has 0 saturated heterocycles.